The molecule has 3 nitrogen and oxygen atoms in total. The van der Waals surface area contributed by atoms with E-state index in [-0.39, 0.29) is 0 Å². The lowest BCUT2D eigenvalue weighted by atomic mass is 10.2. The lowest BCUT2D eigenvalue weighted by Gasteiger charge is -1.89. The molecule has 0 saturated carbocycles. The van der Waals surface area contributed by atoms with Crippen LogP contribution in [0, 0.1) is 0 Å². The van der Waals surface area contributed by atoms with Gasteiger partial charge in [-0.2, -0.15) is 5.10 Å². The van der Waals surface area contributed by atoms with Crippen molar-refractivity contribution in [3.63, 3.8) is 0 Å². The van der Waals surface area contributed by atoms with E-state index in [4.69, 9.17) is 0 Å². The van der Waals surface area contributed by atoms with E-state index in [9.17, 15) is 0 Å². The largest absolute Gasteiger partial charge is 0.311 e. The highest BCUT2D eigenvalue weighted by atomic mass is 127. The van der Waals surface area contributed by atoms with E-state index in [0.717, 1.165) is 16.7 Å². The van der Waals surface area contributed by atoms with Gasteiger partial charge in [0.15, 0.2) is 5.82 Å². The quantitative estimate of drug-likeness (QED) is 0.609. The van der Waals surface area contributed by atoms with Crippen LogP contribution in [-0.4, -0.2) is 10.2 Å². The van der Waals surface area contributed by atoms with Crippen LogP contribution in [0.5, 0.6) is 0 Å². The van der Waals surface area contributed by atoms with Crippen LogP contribution in [-0.2, 0) is 0 Å². The maximum Gasteiger partial charge on any atom is 0.164 e. The maximum atomic E-state index is 4.07. The van der Waals surface area contributed by atoms with Crippen molar-refractivity contribution < 1.29 is 0 Å². The average molecular weight is 259 g/mol. The number of aromatic amines is 1. The summed E-state index contributed by atoms with van der Waals surface area (Å²) >= 11 is 2.07. The number of aromatic nitrogens is 2. The Morgan fingerprint density at radius 1 is 1.36 bits per heavy atom. The second-order valence-corrected chi connectivity index (χ2v) is 2.75. The molecule has 1 aromatic carbocycles. The van der Waals surface area contributed by atoms with Crippen molar-refractivity contribution in [3.05, 3.63) is 24.3 Å². The SMILES string of the molecule is INc1n[nH]c2ccccc12. The maximum absolute atomic E-state index is 4.07. The predicted molar refractivity (Wildman–Crippen MR) is 53.7 cm³/mol. The van der Waals surface area contributed by atoms with Gasteiger partial charge in [-0.15, -0.1) is 0 Å². The predicted octanol–water partition coefficient (Wildman–Crippen LogP) is 2.32. The summed E-state index contributed by atoms with van der Waals surface area (Å²) in [5.74, 6) is 0.890. The van der Waals surface area contributed by atoms with Gasteiger partial charge in [0, 0.05) is 5.39 Å². The molecule has 0 fully saturated rings. The Morgan fingerprint density at radius 2 is 2.18 bits per heavy atom. The van der Waals surface area contributed by atoms with E-state index in [1.807, 2.05) is 24.3 Å². The molecule has 2 aromatic rings. The molecule has 0 unspecified atom stereocenters. The van der Waals surface area contributed by atoms with Crippen molar-refractivity contribution in [1.29, 1.82) is 0 Å². The summed E-state index contributed by atoms with van der Waals surface area (Å²) < 4.78 is 2.98. The van der Waals surface area contributed by atoms with E-state index < -0.39 is 0 Å². The van der Waals surface area contributed by atoms with Gasteiger partial charge in [0.25, 0.3) is 0 Å². The molecular weight excluding hydrogens is 253 g/mol. The minimum absolute atomic E-state index is 0.890. The standard InChI is InChI=1S/C7H6IN3/c8-9-7-5-3-1-2-4-6(5)10-11-7/h1-4H,(H2,9,10,11). The molecule has 0 bridgehead atoms. The normalized spacial score (nSPS) is 10.3. The van der Waals surface area contributed by atoms with Crippen LogP contribution in [0.2, 0.25) is 0 Å². The third kappa shape index (κ3) is 1.07. The van der Waals surface area contributed by atoms with Crippen molar-refractivity contribution in [2.75, 3.05) is 3.53 Å². The Morgan fingerprint density at radius 3 is 3.00 bits per heavy atom. The summed E-state index contributed by atoms with van der Waals surface area (Å²) in [6.07, 6.45) is 0. The van der Waals surface area contributed by atoms with Gasteiger partial charge in [-0.25, -0.2) is 0 Å². The van der Waals surface area contributed by atoms with Crippen LogP contribution in [0.15, 0.2) is 24.3 Å². The van der Waals surface area contributed by atoms with Gasteiger partial charge in [0.2, 0.25) is 0 Å². The van der Waals surface area contributed by atoms with Crippen LogP contribution in [0.3, 0.4) is 0 Å². The van der Waals surface area contributed by atoms with Gasteiger partial charge in [-0.1, -0.05) is 12.1 Å². The number of fused-ring (bicyclic) bond motifs is 1. The second-order valence-electron chi connectivity index (χ2n) is 2.21. The summed E-state index contributed by atoms with van der Waals surface area (Å²) in [6, 6.07) is 8.01. The smallest absolute Gasteiger partial charge is 0.164 e. The second kappa shape index (κ2) is 2.69. The third-order valence-corrected chi connectivity index (χ3v) is 2.07. The first-order chi connectivity index (χ1) is 5.42. The zero-order valence-electron chi connectivity index (χ0n) is 5.63. The molecule has 0 aliphatic heterocycles. The fourth-order valence-electron chi connectivity index (χ4n) is 1.04. The summed E-state index contributed by atoms with van der Waals surface area (Å²) in [6.45, 7) is 0. The molecule has 0 aliphatic carbocycles. The van der Waals surface area contributed by atoms with E-state index in [2.05, 4.69) is 36.6 Å². The highest BCUT2D eigenvalue weighted by Crippen LogP contribution is 2.19. The molecule has 0 aliphatic rings. The number of hydrogen-bond donors (Lipinski definition) is 2. The Kier molecular flexibility index (Phi) is 1.69. The zero-order chi connectivity index (χ0) is 7.68. The topological polar surface area (TPSA) is 40.7 Å². The van der Waals surface area contributed by atoms with E-state index >= 15 is 0 Å². The number of nitrogens with zero attached hydrogens (tertiary/aromatic N) is 1. The minimum atomic E-state index is 0.890. The first-order valence-electron chi connectivity index (χ1n) is 3.21. The van der Waals surface area contributed by atoms with Crippen LogP contribution < -0.4 is 3.53 Å². The van der Waals surface area contributed by atoms with Gasteiger partial charge in [0.1, 0.15) is 0 Å². The number of nitrogens with one attached hydrogen (secondary N) is 2. The summed E-state index contributed by atoms with van der Waals surface area (Å²) in [7, 11) is 0. The lowest BCUT2D eigenvalue weighted by Crippen LogP contribution is -1.77. The van der Waals surface area contributed by atoms with E-state index in [1.54, 1.807) is 0 Å². The zero-order valence-corrected chi connectivity index (χ0v) is 7.79. The summed E-state index contributed by atoms with van der Waals surface area (Å²) in [5.41, 5.74) is 1.06. The van der Waals surface area contributed by atoms with Crippen LogP contribution in [0.1, 0.15) is 0 Å². The van der Waals surface area contributed by atoms with Gasteiger partial charge in [0.05, 0.1) is 28.4 Å². The van der Waals surface area contributed by atoms with Gasteiger partial charge in [-0.3, -0.25) is 5.10 Å². The fourth-order valence-corrected chi connectivity index (χ4v) is 1.45. The average Bonchev–Trinajstić information content (AvgIpc) is 2.47. The van der Waals surface area contributed by atoms with Crippen LogP contribution in [0.4, 0.5) is 5.82 Å². The minimum Gasteiger partial charge on any atom is -0.311 e. The first kappa shape index (κ1) is 6.90. The molecule has 56 valence electrons. The third-order valence-electron chi connectivity index (χ3n) is 1.56. The molecular formula is C7H6IN3. The molecule has 0 spiro atoms. The fraction of sp³-hybridized carbons (Fsp3) is 0. The number of anilines is 1. The molecule has 0 atom stereocenters. The first-order valence-corrected chi connectivity index (χ1v) is 4.29. The molecule has 0 saturated heterocycles. The van der Waals surface area contributed by atoms with Gasteiger partial charge < -0.3 is 3.53 Å². The molecule has 4 heteroatoms. The number of H-pyrrole nitrogens is 1. The van der Waals surface area contributed by atoms with Crippen molar-refractivity contribution in [3.8, 4) is 0 Å². The monoisotopic (exact) mass is 259 g/mol. The molecule has 0 radical (unpaired) electrons. The number of benzene rings is 1. The van der Waals surface area contributed by atoms with Crippen LogP contribution >= 0.6 is 22.9 Å². The molecule has 11 heavy (non-hydrogen) atoms. The Hall–Kier alpha value is -0.780. The Balaban J connectivity index is 2.76. The lowest BCUT2D eigenvalue weighted by molar-refractivity contribution is 1.13. The van der Waals surface area contributed by atoms with E-state index in [1.165, 1.54) is 0 Å². The Labute approximate surface area is 77.7 Å². The van der Waals surface area contributed by atoms with Crippen molar-refractivity contribution in [2.45, 2.75) is 0 Å². The van der Waals surface area contributed by atoms with E-state index in [0.29, 0.717) is 0 Å². The van der Waals surface area contributed by atoms with Crippen LogP contribution in [0.25, 0.3) is 10.9 Å². The number of para-hydroxylation sites is 1. The highest BCUT2D eigenvalue weighted by molar-refractivity contribution is 14.1. The molecule has 1 heterocycles. The summed E-state index contributed by atoms with van der Waals surface area (Å²) in [4.78, 5) is 0. The number of rotatable bonds is 1. The molecule has 1 aromatic heterocycles. The number of hydrogen-bond acceptors (Lipinski definition) is 2. The Bertz CT molecular complexity index is 368. The number of halogens is 1. The molecule has 2 rings (SSSR count). The summed E-state index contributed by atoms with van der Waals surface area (Å²) in [5, 5.41) is 8.12. The van der Waals surface area contributed by atoms with Crippen molar-refractivity contribution in [2.24, 2.45) is 0 Å². The van der Waals surface area contributed by atoms with Gasteiger partial charge >= 0.3 is 0 Å². The van der Waals surface area contributed by atoms with Gasteiger partial charge in [-0.05, 0) is 12.1 Å². The van der Waals surface area contributed by atoms with Crippen molar-refractivity contribution in [1.82, 2.24) is 10.2 Å². The highest BCUT2D eigenvalue weighted by Gasteiger charge is 2.00. The molecule has 2 N–H and O–H groups in total. The van der Waals surface area contributed by atoms with Crippen molar-refractivity contribution >= 4 is 39.6 Å². The molecule has 0 amide bonds.